The van der Waals surface area contributed by atoms with Gasteiger partial charge in [-0.05, 0) is 42.0 Å². The summed E-state index contributed by atoms with van der Waals surface area (Å²) in [5, 5.41) is 12.1. The highest BCUT2D eigenvalue weighted by Gasteiger charge is 2.11. The molecule has 0 aliphatic heterocycles. The van der Waals surface area contributed by atoms with E-state index in [1.165, 1.54) is 0 Å². The summed E-state index contributed by atoms with van der Waals surface area (Å²) in [6, 6.07) is 28.3. The Morgan fingerprint density at radius 3 is 2.17 bits per heavy atom. The van der Waals surface area contributed by atoms with E-state index in [1.807, 2.05) is 78.7 Å². The van der Waals surface area contributed by atoms with Crippen molar-refractivity contribution >= 4 is 11.6 Å². The molecule has 1 N–H and O–H groups in total. The van der Waals surface area contributed by atoms with Gasteiger partial charge >= 0.3 is 0 Å². The summed E-state index contributed by atoms with van der Waals surface area (Å²) in [5.41, 5.74) is 1.72. The van der Waals surface area contributed by atoms with Crippen LogP contribution in [0.25, 0.3) is 0 Å². The number of carbonyl (C=O) groups is 1. The van der Waals surface area contributed by atoms with Gasteiger partial charge in [0, 0.05) is 25.5 Å². The van der Waals surface area contributed by atoms with Crippen molar-refractivity contribution in [3.8, 4) is 17.6 Å². The van der Waals surface area contributed by atoms with Crippen LogP contribution in [0.5, 0.6) is 11.5 Å². The van der Waals surface area contributed by atoms with Gasteiger partial charge in [0.1, 0.15) is 23.1 Å². The van der Waals surface area contributed by atoms with Crippen LogP contribution in [-0.2, 0) is 11.3 Å². The molecule has 144 valence electrons. The molecule has 0 radical (unpaired) electrons. The van der Waals surface area contributed by atoms with Crippen LogP contribution in [0, 0.1) is 11.3 Å². The summed E-state index contributed by atoms with van der Waals surface area (Å²) in [6.07, 6.45) is 1.55. The molecule has 0 bridgehead atoms. The highest BCUT2D eigenvalue weighted by atomic mass is 16.5. The lowest BCUT2D eigenvalue weighted by molar-refractivity contribution is -0.112. The molecule has 0 aromatic heterocycles. The van der Waals surface area contributed by atoms with Crippen LogP contribution in [0.15, 0.2) is 96.7 Å². The number of para-hydroxylation sites is 1. The molecule has 3 rings (SSSR count). The maximum absolute atomic E-state index is 12.4. The molecule has 0 aliphatic rings. The van der Waals surface area contributed by atoms with Gasteiger partial charge in [-0.2, -0.15) is 5.26 Å². The van der Waals surface area contributed by atoms with Gasteiger partial charge in [0.2, 0.25) is 0 Å². The number of amides is 1. The Hall–Kier alpha value is -4.04. The molecule has 3 aromatic carbocycles. The SMILES string of the molecule is CN(/C=C(/C#N)C(=O)Nc1ccc(Oc2ccccc2)cc1)Cc1ccccc1. The molecule has 0 aliphatic carbocycles. The van der Waals surface area contributed by atoms with Crippen LogP contribution in [0.3, 0.4) is 0 Å². The third-order valence-corrected chi connectivity index (χ3v) is 4.08. The highest BCUT2D eigenvalue weighted by Crippen LogP contribution is 2.22. The van der Waals surface area contributed by atoms with E-state index in [4.69, 9.17) is 4.74 Å². The Morgan fingerprint density at radius 2 is 1.55 bits per heavy atom. The summed E-state index contributed by atoms with van der Waals surface area (Å²) in [6.45, 7) is 0.602. The van der Waals surface area contributed by atoms with E-state index >= 15 is 0 Å². The topological polar surface area (TPSA) is 65.4 Å². The molecular weight excluding hydrogens is 362 g/mol. The van der Waals surface area contributed by atoms with Gasteiger partial charge < -0.3 is 15.0 Å². The second-order valence-electron chi connectivity index (χ2n) is 6.45. The standard InChI is InChI=1S/C24H21N3O2/c1-27(17-19-8-4-2-5-9-19)18-20(16-25)24(28)26-21-12-14-23(15-13-21)29-22-10-6-3-7-11-22/h2-15,18H,17H2,1H3,(H,26,28)/b20-18-. The number of nitrogens with one attached hydrogen (secondary N) is 1. The first-order valence-electron chi connectivity index (χ1n) is 9.14. The Morgan fingerprint density at radius 1 is 0.966 bits per heavy atom. The number of hydrogen-bond acceptors (Lipinski definition) is 4. The van der Waals surface area contributed by atoms with Crippen LogP contribution in [0.1, 0.15) is 5.56 Å². The quantitative estimate of drug-likeness (QED) is 0.463. The summed E-state index contributed by atoms with van der Waals surface area (Å²) < 4.78 is 5.73. The van der Waals surface area contributed by atoms with Crippen LogP contribution in [0.4, 0.5) is 5.69 Å². The van der Waals surface area contributed by atoms with Crippen molar-refractivity contribution in [2.45, 2.75) is 6.54 Å². The van der Waals surface area contributed by atoms with Crippen molar-refractivity contribution < 1.29 is 9.53 Å². The van der Waals surface area contributed by atoms with E-state index in [2.05, 4.69) is 5.32 Å². The molecule has 5 heteroatoms. The maximum Gasteiger partial charge on any atom is 0.267 e. The van der Waals surface area contributed by atoms with Gasteiger partial charge in [0.15, 0.2) is 0 Å². The Balaban J connectivity index is 1.61. The largest absolute Gasteiger partial charge is 0.457 e. The Kier molecular flexibility index (Phi) is 6.64. The summed E-state index contributed by atoms with van der Waals surface area (Å²) in [5.74, 6) is 0.942. The third kappa shape index (κ3) is 5.98. The number of nitriles is 1. The smallest absolute Gasteiger partial charge is 0.267 e. The van der Waals surface area contributed by atoms with Crippen molar-refractivity contribution in [1.82, 2.24) is 4.90 Å². The molecule has 3 aromatic rings. The van der Waals surface area contributed by atoms with Crippen molar-refractivity contribution in [2.24, 2.45) is 0 Å². The van der Waals surface area contributed by atoms with E-state index in [-0.39, 0.29) is 5.57 Å². The zero-order valence-corrected chi connectivity index (χ0v) is 16.1. The minimum atomic E-state index is -0.455. The molecule has 29 heavy (non-hydrogen) atoms. The molecule has 5 nitrogen and oxygen atoms in total. The highest BCUT2D eigenvalue weighted by molar-refractivity contribution is 6.06. The number of rotatable bonds is 7. The number of carbonyl (C=O) groups excluding carboxylic acids is 1. The minimum Gasteiger partial charge on any atom is -0.457 e. The zero-order chi connectivity index (χ0) is 20.5. The van der Waals surface area contributed by atoms with E-state index in [9.17, 15) is 10.1 Å². The van der Waals surface area contributed by atoms with Gasteiger partial charge in [0.25, 0.3) is 5.91 Å². The predicted octanol–water partition coefficient (Wildman–Crippen LogP) is 4.96. The van der Waals surface area contributed by atoms with Crippen molar-refractivity contribution in [3.05, 3.63) is 102 Å². The Labute approximate surface area is 170 Å². The first-order valence-corrected chi connectivity index (χ1v) is 9.14. The van der Waals surface area contributed by atoms with Crippen LogP contribution in [0.2, 0.25) is 0 Å². The molecule has 0 saturated carbocycles. The fraction of sp³-hybridized carbons (Fsp3) is 0.0833. The van der Waals surface area contributed by atoms with E-state index in [0.29, 0.717) is 18.0 Å². The van der Waals surface area contributed by atoms with E-state index in [1.54, 1.807) is 30.5 Å². The molecule has 1 amide bonds. The maximum atomic E-state index is 12.4. The number of benzene rings is 3. The van der Waals surface area contributed by atoms with Gasteiger partial charge in [-0.3, -0.25) is 4.79 Å². The van der Waals surface area contributed by atoms with Gasteiger partial charge in [-0.1, -0.05) is 48.5 Å². The fourth-order valence-electron chi connectivity index (χ4n) is 2.71. The lowest BCUT2D eigenvalue weighted by Crippen LogP contribution is -2.18. The number of nitrogens with zero attached hydrogens (tertiary/aromatic N) is 2. The second-order valence-corrected chi connectivity index (χ2v) is 6.45. The van der Waals surface area contributed by atoms with E-state index < -0.39 is 5.91 Å². The fourth-order valence-corrected chi connectivity index (χ4v) is 2.71. The predicted molar refractivity (Wildman–Crippen MR) is 113 cm³/mol. The monoisotopic (exact) mass is 383 g/mol. The average molecular weight is 383 g/mol. The summed E-state index contributed by atoms with van der Waals surface area (Å²) in [4.78, 5) is 14.3. The molecule has 0 unspecified atom stereocenters. The van der Waals surface area contributed by atoms with Crippen molar-refractivity contribution in [2.75, 3.05) is 12.4 Å². The zero-order valence-electron chi connectivity index (χ0n) is 16.1. The average Bonchev–Trinajstić information content (AvgIpc) is 2.75. The summed E-state index contributed by atoms with van der Waals surface area (Å²) in [7, 11) is 1.83. The van der Waals surface area contributed by atoms with Gasteiger partial charge in [0.05, 0.1) is 0 Å². The van der Waals surface area contributed by atoms with Gasteiger partial charge in [-0.15, -0.1) is 0 Å². The Bertz CT molecular complexity index is 1010. The molecule has 0 fully saturated rings. The molecule has 0 heterocycles. The van der Waals surface area contributed by atoms with Crippen molar-refractivity contribution in [3.63, 3.8) is 0 Å². The molecule has 0 atom stereocenters. The molecular formula is C24H21N3O2. The number of anilines is 1. The molecule has 0 saturated heterocycles. The first kappa shape index (κ1) is 19.7. The second kappa shape index (κ2) is 9.77. The minimum absolute atomic E-state index is 0.0352. The third-order valence-electron chi connectivity index (χ3n) is 4.08. The van der Waals surface area contributed by atoms with Crippen LogP contribution < -0.4 is 10.1 Å². The van der Waals surface area contributed by atoms with Crippen LogP contribution in [-0.4, -0.2) is 17.9 Å². The van der Waals surface area contributed by atoms with Gasteiger partial charge in [-0.25, -0.2) is 0 Å². The normalized spacial score (nSPS) is 10.7. The number of ether oxygens (including phenoxy) is 1. The van der Waals surface area contributed by atoms with Crippen molar-refractivity contribution in [1.29, 1.82) is 5.26 Å². The lowest BCUT2D eigenvalue weighted by atomic mass is 10.2. The molecule has 0 spiro atoms. The van der Waals surface area contributed by atoms with Crippen LogP contribution >= 0.6 is 0 Å². The first-order chi connectivity index (χ1) is 14.1. The number of hydrogen-bond donors (Lipinski definition) is 1. The summed E-state index contributed by atoms with van der Waals surface area (Å²) >= 11 is 0. The lowest BCUT2D eigenvalue weighted by Gasteiger charge is -2.15. The van der Waals surface area contributed by atoms with E-state index in [0.717, 1.165) is 11.3 Å².